The second-order valence-electron chi connectivity index (χ2n) is 3.53. The minimum absolute atomic E-state index is 0.119. The number of methoxy groups -OCH3 is 1. The molecule has 0 aliphatic rings. The lowest BCUT2D eigenvalue weighted by Crippen LogP contribution is -2.15. The van der Waals surface area contributed by atoms with E-state index < -0.39 is 12.0 Å². The van der Waals surface area contributed by atoms with Crippen molar-refractivity contribution in [3.05, 3.63) is 28.0 Å². The molecular weight excluding hydrogens is 292 g/mol. The predicted molar refractivity (Wildman–Crippen MR) is 61.8 cm³/mol. The fourth-order valence-corrected chi connectivity index (χ4v) is 1.91. The van der Waals surface area contributed by atoms with Gasteiger partial charge in [0.2, 0.25) is 5.82 Å². The summed E-state index contributed by atoms with van der Waals surface area (Å²) in [4.78, 5) is 3.52. The smallest absolute Gasteiger partial charge is 0.364 e. The molecule has 2 aromatic rings. The van der Waals surface area contributed by atoms with Crippen LogP contribution in [0.2, 0.25) is 10.0 Å². The van der Waals surface area contributed by atoms with Crippen molar-refractivity contribution >= 4 is 34.2 Å². The van der Waals surface area contributed by atoms with Crippen molar-refractivity contribution in [2.24, 2.45) is 0 Å². The van der Waals surface area contributed by atoms with Gasteiger partial charge >= 0.3 is 6.18 Å². The van der Waals surface area contributed by atoms with E-state index in [0.717, 1.165) is 4.57 Å². The summed E-state index contributed by atoms with van der Waals surface area (Å²) in [5.74, 6) is -1.04. The molecular formula is C10H7Cl2F3N2O. The van der Waals surface area contributed by atoms with Crippen molar-refractivity contribution in [2.45, 2.75) is 12.9 Å². The minimum Gasteiger partial charge on any atom is -0.364 e. The first-order valence-corrected chi connectivity index (χ1v) is 5.51. The maximum atomic E-state index is 12.8. The summed E-state index contributed by atoms with van der Waals surface area (Å²) in [7, 11) is 1.30. The minimum atomic E-state index is -4.57. The van der Waals surface area contributed by atoms with Gasteiger partial charge in [0.1, 0.15) is 6.73 Å². The SMILES string of the molecule is COCn1c(C(F)(F)F)nc2cc(Cl)c(Cl)cc21. The Balaban J connectivity index is 2.75. The van der Waals surface area contributed by atoms with Crippen LogP contribution in [0.4, 0.5) is 13.2 Å². The van der Waals surface area contributed by atoms with Crippen LogP contribution in [-0.4, -0.2) is 16.7 Å². The van der Waals surface area contributed by atoms with Gasteiger partial charge in [0.15, 0.2) is 0 Å². The Morgan fingerprint density at radius 3 is 2.44 bits per heavy atom. The average molecular weight is 299 g/mol. The molecule has 18 heavy (non-hydrogen) atoms. The Morgan fingerprint density at radius 1 is 1.28 bits per heavy atom. The van der Waals surface area contributed by atoms with Gasteiger partial charge in [0, 0.05) is 7.11 Å². The first-order chi connectivity index (χ1) is 8.34. The highest BCUT2D eigenvalue weighted by Gasteiger charge is 2.37. The Hall–Kier alpha value is -0.980. The van der Waals surface area contributed by atoms with Gasteiger partial charge in [-0.3, -0.25) is 4.57 Å². The van der Waals surface area contributed by atoms with E-state index in [4.69, 9.17) is 27.9 Å². The summed E-state index contributed by atoms with van der Waals surface area (Å²) >= 11 is 11.5. The van der Waals surface area contributed by atoms with E-state index in [0.29, 0.717) is 0 Å². The van der Waals surface area contributed by atoms with E-state index in [-0.39, 0.29) is 27.8 Å². The van der Waals surface area contributed by atoms with Crippen LogP contribution >= 0.6 is 23.2 Å². The second-order valence-corrected chi connectivity index (χ2v) is 4.35. The van der Waals surface area contributed by atoms with E-state index in [1.807, 2.05) is 0 Å². The number of aromatic nitrogens is 2. The fraction of sp³-hybridized carbons (Fsp3) is 0.300. The molecule has 0 saturated carbocycles. The molecule has 0 N–H and O–H groups in total. The van der Waals surface area contributed by atoms with Gasteiger partial charge in [-0.2, -0.15) is 13.2 Å². The Bertz CT molecular complexity index is 595. The highest BCUT2D eigenvalue weighted by Crippen LogP contribution is 2.34. The molecule has 0 radical (unpaired) electrons. The Kier molecular flexibility index (Phi) is 3.44. The van der Waals surface area contributed by atoms with Crippen LogP contribution in [0.3, 0.4) is 0 Å². The molecule has 0 saturated heterocycles. The summed E-state index contributed by atoms with van der Waals surface area (Å²) < 4.78 is 44.1. The number of alkyl halides is 3. The molecule has 1 aromatic heterocycles. The summed E-state index contributed by atoms with van der Waals surface area (Å²) in [6, 6.07) is 2.63. The monoisotopic (exact) mass is 298 g/mol. The average Bonchev–Trinajstić information content (AvgIpc) is 2.58. The number of hydrogen-bond donors (Lipinski definition) is 0. The largest absolute Gasteiger partial charge is 0.449 e. The van der Waals surface area contributed by atoms with E-state index in [9.17, 15) is 13.2 Å². The van der Waals surface area contributed by atoms with E-state index in [1.54, 1.807) is 0 Å². The van der Waals surface area contributed by atoms with E-state index in [2.05, 4.69) is 4.98 Å². The van der Waals surface area contributed by atoms with Gasteiger partial charge in [-0.15, -0.1) is 0 Å². The van der Waals surface area contributed by atoms with Gasteiger partial charge in [-0.25, -0.2) is 4.98 Å². The lowest BCUT2D eigenvalue weighted by Gasteiger charge is -2.10. The summed E-state index contributed by atoms with van der Waals surface area (Å²) in [5.41, 5.74) is 0.340. The third-order valence-corrected chi connectivity index (χ3v) is 3.02. The molecule has 1 heterocycles. The van der Waals surface area contributed by atoms with Crippen LogP contribution in [0.15, 0.2) is 12.1 Å². The van der Waals surface area contributed by atoms with Crippen molar-refractivity contribution < 1.29 is 17.9 Å². The number of fused-ring (bicyclic) bond motifs is 1. The van der Waals surface area contributed by atoms with Crippen molar-refractivity contribution in [1.29, 1.82) is 0 Å². The highest BCUT2D eigenvalue weighted by molar-refractivity contribution is 6.42. The standard InChI is InChI=1S/C10H7Cl2F3N2O/c1-18-4-17-8-3-6(12)5(11)2-7(8)16-9(17)10(13,14)15/h2-3H,4H2,1H3. The molecule has 98 valence electrons. The molecule has 0 bridgehead atoms. The second kappa shape index (κ2) is 4.60. The van der Waals surface area contributed by atoms with E-state index in [1.165, 1.54) is 19.2 Å². The van der Waals surface area contributed by atoms with Crippen LogP contribution in [0, 0.1) is 0 Å². The summed E-state index contributed by atoms with van der Waals surface area (Å²) in [5, 5.41) is 0.315. The van der Waals surface area contributed by atoms with Gasteiger partial charge in [0.25, 0.3) is 0 Å². The third kappa shape index (κ3) is 2.28. The third-order valence-electron chi connectivity index (χ3n) is 2.30. The molecule has 0 atom stereocenters. The van der Waals surface area contributed by atoms with Gasteiger partial charge in [0.05, 0.1) is 21.1 Å². The molecule has 0 spiro atoms. The molecule has 0 amide bonds. The zero-order chi connectivity index (χ0) is 13.5. The molecule has 0 aliphatic heterocycles. The van der Waals surface area contributed by atoms with Crippen molar-refractivity contribution in [2.75, 3.05) is 7.11 Å². The van der Waals surface area contributed by atoms with Crippen LogP contribution in [0.5, 0.6) is 0 Å². The van der Waals surface area contributed by atoms with Crippen LogP contribution < -0.4 is 0 Å². The summed E-state index contributed by atoms with van der Waals surface area (Å²) in [6.07, 6.45) is -4.57. The van der Waals surface area contributed by atoms with Crippen LogP contribution in [0.25, 0.3) is 11.0 Å². The number of rotatable bonds is 2. The van der Waals surface area contributed by atoms with Crippen LogP contribution in [0.1, 0.15) is 5.82 Å². The molecule has 0 fully saturated rings. The number of halogens is 5. The van der Waals surface area contributed by atoms with Crippen molar-refractivity contribution in [1.82, 2.24) is 9.55 Å². The molecule has 8 heteroatoms. The molecule has 0 aliphatic carbocycles. The Morgan fingerprint density at radius 2 is 1.89 bits per heavy atom. The zero-order valence-corrected chi connectivity index (χ0v) is 10.6. The van der Waals surface area contributed by atoms with Gasteiger partial charge in [-0.05, 0) is 12.1 Å². The summed E-state index contributed by atoms with van der Waals surface area (Å²) in [6.45, 7) is -0.274. The maximum absolute atomic E-state index is 12.8. The van der Waals surface area contributed by atoms with Crippen molar-refractivity contribution in [3.63, 3.8) is 0 Å². The van der Waals surface area contributed by atoms with Gasteiger partial charge in [-0.1, -0.05) is 23.2 Å². The number of imidazole rings is 1. The predicted octanol–water partition coefficient (Wildman–Crippen LogP) is 3.97. The van der Waals surface area contributed by atoms with Crippen LogP contribution in [-0.2, 0) is 17.6 Å². The topological polar surface area (TPSA) is 27.1 Å². The molecule has 0 unspecified atom stereocenters. The lowest BCUT2D eigenvalue weighted by atomic mass is 10.3. The number of ether oxygens (including phenoxy) is 1. The lowest BCUT2D eigenvalue weighted by molar-refractivity contribution is -0.148. The molecule has 1 aromatic carbocycles. The quantitative estimate of drug-likeness (QED) is 0.839. The van der Waals surface area contributed by atoms with Crippen molar-refractivity contribution in [3.8, 4) is 0 Å². The number of benzene rings is 1. The normalized spacial score (nSPS) is 12.3. The van der Waals surface area contributed by atoms with Gasteiger partial charge < -0.3 is 4.74 Å². The number of hydrogen-bond acceptors (Lipinski definition) is 2. The highest BCUT2D eigenvalue weighted by atomic mass is 35.5. The first kappa shape index (κ1) is 13.5. The van der Waals surface area contributed by atoms with E-state index >= 15 is 0 Å². The fourth-order valence-electron chi connectivity index (χ4n) is 1.60. The Labute approximate surface area is 110 Å². The maximum Gasteiger partial charge on any atom is 0.449 e. The number of nitrogens with zero attached hydrogens (tertiary/aromatic N) is 2. The molecule has 2 rings (SSSR count). The zero-order valence-electron chi connectivity index (χ0n) is 9.05. The first-order valence-electron chi connectivity index (χ1n) is 4.76. The molecule has 3 nitrogen and oxygen atoms in total.